The van der Waals surface area contributed by atoms with Gasteiger partial charge in [0.05, 0.1) is 6.61 Å². The van der Waals surface area contributed by atoms with Crippen molar-refractivity contribution in [2.75, 3.05) is 19.7 Å². The van der Waals surface area contributed by atoms with Crippen molar-refractivity contribution in [3.63, 3.8) is 0 Å². The Morgan fingerprint density at radius 2 is 0.942 bits per heavy atom. The number of nitrogens with two attached hydrogens (primary N) is 1. The number of rotatable bonds is 43. The number of unbranched alkanes of at least 4 members (excludes halogenated alkanes) is 27. The molecule has 1 unspecified atom stereocenters. The summed E-state index contributed by atoms with van der Waals surface area (Å²) in [6.45, 7) is 4.70. The van der Waals surface area contributed by atoms with Crippen LogP contribution in [0.3, 0.4) is 0 Å². The molecular weight excluding hydrogens is 645 g/mol. The number of esters is 1. The number of allylic oxidation sites excluding steroid dienone is 4. The molecule has 0 radical (unpaired) electrons. The van der Waals surface area contributed by atoms with Crippen LogP contribution in [0.25, 0.3) is 0 Å². The number of carbonyl (C=O) groups is 2. The summed E-state index contributed by atoms with van der Waals surface area (Å²) in [6.07, 6.45) is 51.0. The molecule has 0 amide bonds. The zero-order valence-electron chi connectivity index (χ0n) is 34.5. The smallest absolute Gasteiger partial charge is 0.305 e. The highest BCUT2D eigenvalue weighted by Gasteiger charge is 2.05. The van der Waals surface area contributed by atoms with Gasteiger partial charge in [0.1, 0.15) is 0 Å². The zero-order chi connectivity index (χ0) is 37.8. The lowest BCUT2D eigenvalue weighted by atomic mass is 10.0. The lowest BCUT2D eigenvalue weighted by Gasteiger charge is -2.16. The van der Waals surface area contributed by atoms with Crippen LogP contribution in [0.4, 0.5) is 0 Å². The highest BCUT2D eigenvalue weighted by atomic mass is 16.5. The van der Waals surface area contributed by atoms with Crippen molar-refractivity contribution < 1.29 is 19.4 Å². The maximum absolute atomic E-state index is 11.8. The second kappa shape index (κ2) is 43.7. The van der Waals surface area contributed by atoms with Gasteiger partial charge in [0.2, 0.25) is 0 Å². The molecule has 0 aliphatic rings. The third-order valence-corrected chi connectivity index (χ3v) is 10.3. The molecule has 6 heteroatoms. The molecule has 6 nitrogen and oxygen atoms in total. The van der Waals surface area contributed by atoms with E-state index in [1.807, 2.05) is 0 Å². The second-order valence-corrected chi connectivity index (χ2v) is 15.4. The van der Waals surface area contributed by atoms with E-state index in [0.29, 0.717) is 25.5 Å². The summed E-state index contributed by atoms with van der Waals surface area (Å²) in [5.41, 5.74) is 6.05. The maximum atomic E-state index is 11.8. The van der Waals surface area contributed by atoms with Crippen molar-refractivity contribution in [2.45, 2.75) is 238 Å². The first-order valence-electron chi connectivity index (χ1n) is 22.7. The van der Waals surface area contributed by atoms with Crippen LogP contribution < -0.4 is 11.1 Å². The number of carboxylic acid groups (broad SMARTS) is 1. The molecule has 0 heterocycles. The SMILES string of the molecule is CCCCCCCCOC(=O)CCCCCCC/C=C\CCCCCCCCNC(CN)CCCCCCCC/C=C\CCCCCCCC(=O)O. The van der Waals surface area contributed by atoms with E-state index in [1.54, 1.807) is 0 Å². The van der Waals surface area contributed by atoms with Crippen molar-refractivity contribution in [1.82, 2.24) is 5.32 Å². The minimum atomic E-state index is -0.670. The van der Waals surface area contributed by atoms with Crippen LogP contribution >= 0.6 is 0 Å². The molecule has 0 aliphatic carbocycles. The lowest BCUT2D eigenvalue weighted by molar-refractivity contribution is -0.144. The monoisotopic (exact) mass is 733 g/mol. The Hall–Kier alpha value is -1.66. The predicted octanol–water partition coefficient (Wildman–Crippen LogP) is 13.3. The number of carbonyl (C=O) groups excluding carboxylic acids is 1. The Morgan fingerprint density at radius 1 is 0.538 bits per heavy atom. The van der Waals surface area contributed by atoms with Gasteiger partial charge in [-0.3, -0.25) is 9.59 Å². The van der Waals surface area contributed by atoms with Crippen molar-refractivity contribution in [2.24, 2.45) is 5.73 Å². The summed E-state index contributed by atoms with van der Waals surface area (Å²) in [7, 11) is 0. The van der Waals surface area contributed by atoms with Gasteiger partial charge in [-0.1, -0.05) is 160 Å². The summed E-state index contributed by atoms with van der Waals surface area (Å²) in [5.74, 6) is -0.673. The Kier molecular flexibility index (Phi) is 42.3. The van der Waals surface area contributed by atoms with Crippen molar-refractivity contribution >= 4 is 11.9 Å². The second-order valence-electron chi connectivity index (χ2n) is 15.4. The third-order valence-electron chi connectivity index (χ3n) is 10.3. The van der Waals surface area contributed by atoms with Gasteiger partial charge >= 0.3 is 11.9 Å². The van der Waals surface area contributed by atoms with E-state index < -0.39 is 5.97 Å². The number of carboxylic acids is 1. The number of hydrogen-bond acceptors (Lipinski definition) is 5. The van der Waals surface area contributed by atoms with Gasteiger partial charge in [-0.2, -0.15) is 0 Å². The minimum Gasteiger partial charge on any atom is -0.481 e. The van der Waals surface area contributed by atoms with E-state index >= 15 is 0 Å². The minimum absolute atomic E-state index is 0.00247. The number of hydrogen-bond donors (Lipinski definition) is 3. The fourth-order valence-corrected chi connectivity index (χ4v) is 6.81. The molecule has 0 aromatic heterocycles. The van der Waals surface area contributed by atoms with E-state index in [0.717, 1.165) is 51.6 Å². The average Bonchev–Trinajstić information content (AvgIpc) is 3.14. The quantitative estimate of drug-likeness (QED) is 0.0328. The van der Waals surface area contributed by atoms with Crippen LogP contribution in [0, 0.1) is 0 Å². The fourth-order valence-electron chi connectivity index (χ4n) is 6.81. The Bertz CT molecular complexity index is 799. The molecule has 0 bridgehead atoms. The number of aliphatic carboxylic acids is 1. The molecule has 4 N–H and O–H groups in total. The molecule has 0 spiro atoms. The summed E-state index contributed by atoms with van der Waals surface area (Å²) < 4.78 is 5.37. The van der Waals surface area contributed by atoms with Crippen LogP contribution in [0.15, 0.2) is 24.3 Å². The van der Waals surface area contributed by atoms with Crippen LogP contribution in [-0.4, -0.2) is 42.8 Å². The van der Waals surface area contributed by atoms with Crippen LogP contribution in [0.1, 0.15) is 232 Å². The van der Waals surface area contributed by atoms with Gasteiger partial charge in [0.15, 0.2) is 0 Å². The number of ether oxygens (including phenoxy) is 1. The molecule has 306 valence electrons. The Balaban J connectivity index is 3.36. The topological polar surface area (TPSA) is 102 Å². The van der Waals surface area contributed by atoms with Gasteiger partial charge < -0.3 is 20.9 Å². The van der Waals surface area contributed by atoms with E-state index in [9.17, 15) is 9.59 Å². The predicted molar refractivity (Wildman–Crippen MR) is 225 cm³/mol. The van der Waals surface area contributed by atoms with Crippen LogP contribution in [0.5, 0.6) is 0 Å². The first kappa shape index (κ1) is 50.3. The molecule has 0 saturated carbocycles. The molecule has 0 aromatic rings. The van der Waals surface area contributed by atoms with Crippen molar-refractivity contribution in [3.8, 4) is 0 Å². The van der Waals surface area contributed by atoms with E-state index in [-0.39, 0.29) is 5.97 Å². The third kappa shape index (κ3) is 42.8. The van der Waals surface area contributed by atoms with Gasteiger partial charge in [-0.05, 0) is 90.0 Å². The van der Waals surface area contributed by atoms with E-state index in [4.69, 9.17) is 15.6 Å². The molecule has 1 atom stereocenters. The standard InChI is InChI=1S/C46H88N2O4/c1-2-3-4-5-32-37-42-52-46(51)40-35-30-26-22-18-14-10-7-11-15-19-23-27-31-36-41-48-44(43-47)38-33-28-24-20-16-12-8-6-9-13-17-21-25-29-34-39-45(49)50/h6-7,9-10,44,48H,2-5,8,11-43,47H2,1H3,(H,49,50)/b9-6-,10-7-. The average molecular weight is 733 g/mol. The van der Waals surface area contributed by atoms with Gasteiger partial charge in [-0.15, -0.1) is 0 Å². The largest absolute Gasteiger partial charge is 0.481 e. The summed E-state index contributed by atoms with van der Waals surface area (Å²) in [4.78, 5) is 22.3. The molecule has 0 rings (SSSR count). The molecule has 52 heavy (non-hydrogen) atoms. The van der Waals surface area contributed by atoms with Gasteiger partial charge in [-0.25, -0.2) is 0 Å². The van der Waals surface area contributed by atoms with E-state index in [2.05, 4.69) is 36.5 Å². The Labute approximate surface area is 323 Å². The van der Waals surface area contributed by atoms with Gasteiger partial charge in [0.25, 0.3) is 0 Å². The first-order chi connectivity index (χ1) is 25.6. The lowest BCUT2D eigenvalue weighted by Crippen LogP contribution is -2.36. The van der Waals surface area contributed by atoms with Gasteiger partial charge in [0, 0.05) is 25.4 Å². The molecule has 0 fully saturated rings. The number of nitrogens with one attached hydrogen (secondary N) is 1. The highest BCUT2D eigenvalue weighted by Crippen LogP contribution is 2.13. The molecular formula is C46H88N2O4. The fraction of sp³-hybridized carbons (Fsp3) is 0.870. The summed E-state index contributed by atoms with van der Waals surface area (Å²) in [6, 6.07) is 0.483. The molecule has 0 saturated heterocycles. The maximum Gasteiger partial charge on any atom is 0.305 e. The van der Waals surface area contributed by atoms with Crippen molar-refractivity contribution in [3.05, 3.63) is 24.3 Å². The van der Waals surface area contributed by atoms with Crippen LogP contribution in [-0.2, 0) is 14.3 Å². The molecule has 0 aromatic carbocycles. The normalized spacial score (nSPS) is 12.3. The zero-order valence-corrected chi connectivity index (χ0v) is 34.5. The van der Waals surface area contributed by atoms with Crippen molar-refractivity contribution in [1.29, 1.82) is 0 Å². The summed E-state index contributed by atoms with van der Waals surface area (Å²) in [5, 5.41) is 12.4. The first-order valence-corrected chi connectivity index (χ1v) is 22.7. The summed E-state index contributed by atoms with van der Waals surface area (Å²) >= 11 is 0. The van der Waals surface area contributed by atoms with Crippen LogP contribution in [0.2, 0.25) is 0 Å². The van der Waals surface area contributed by atoms with E-state index in [1.165, 1.54) is 173 Å². The Morgan fingerprint density at radius 3 is 1.42 bits per heavy atom. The highest BCUT2D eigenvalue weighted by molar-refractivity contribution is 5.69. The molecule has 0 aliphatic heterocycles.